The number of ether oxygens (including phenoxy) is 1. The van der Waals surface area contributed by atoms with Crippen LogP contribution in [-0.2, 0) is 4.79 Å². The highest BCUT2D eigenvalue weighted by Gasteiger charge is 2.10. The predicted molar refractivity (Wildman–Crippen MR) is 112 cm³/mol. The maximum absolute atomic E-state index is 12.3. The topological polar surface area (TPSA) is 64.1 Å². The van der Waals surface area contributed by atoms with Crippen molar-refractivity contribution in [2.45, 2.75) is 18.7 Å². The zero-order valence-corrected chi connectivity index (χ0v) is 17.6. The first-order valence-electron chi connectivity index (χ1n) is 8.48. The Kier molecular flexibility index (Phi) is 7.16. The van der Waals surface area contributed by atoms with Gasteiger partial charge in [0.25, 0.3) is 0 Å². The molecule has 5 nitrogen and oxygen atoms in total. The molecule has 1 amide bonds. The van der Waals surface area contributed by atoms with Crippen molar-refractivity contribution >= 4 is 39.3 Å². The zero-order chi connectivity index (χ0) is 20.8. The van der Waals surface area contributed by atoms with E-state index in [0.29, 0.717) is 16.4 Å². The molecule has 0 fully saturated rings. The summed E-state index contributed by atoms with van der Waals surface area (Å²) in [5.74, 6) is -0.0975. The van der Waals surface area contributed by atoms with Crippen LogP contribution in [0.3, 0.4) is 0 Å². The quantitative estimate of drug-likeness (QED) is 0.355. The molecular weight excluding hydrogens is 464 g/mol. The van der Waals surface area contributed by atoms with Gasteiger partial charge in [0, 0.05) is 21.9 Å². The van der Waals surface area contributed by atoms with Gasteiger partial charge in [-0.05, 0) is 48.9 Å². The molecule has 150 valence electrons. The van der Waals surface area contributed by atoms with Crippen molar-refractivity contribution in [3.63, 3.8) is 0 Å². The number of aromatic nitrogens is 2. The number of carbonyl (C=O) groups is 1. The molecule has 3 aromatic rings. The number of nitrogens with one attached hydrogen (secondary N) is 1. The lowest BCUT2D eigenvalue weighted by Gasteiger charge is -2.11. The van der Waals surface area contributed by atoms with E-state index in [1.807, 2.05) is 24.3 Å². The summed E-state index contributed by atoms with van der Waals surface area (Å²) in [5, 5.41) is 3.23. The molecule has 1 N–H and O–H groups in total. The molecule has 9 heteroatoms. The Morgan fingerprint density at radius 1 is 1.21 bits per heavy atom. The fraction of sp³-hybridized carbons (Fsp3) is 0.150. The molecule has 2 aromatic carbocycles. The van der Waals surface area contributed by atoms with Gasteiger partial charge in [0.2, 0.25) is 5.91 Å². The van der Waals surface area contributed by atoms with Crippen LogP contribution in [0.1, 0.15) is 5.56 Å². The van der Waals surface area contributed by atoms with E-state index in [9.17, 15) is 13.6 Å². The number of benzene rings is 2. The Labute approximate surface area is 179 Å². The number of anilines is 1. The number of hydrogen-bond donors (Lipinski definition) is 1. The fourth-order valence-corrected chi connectivity index (χ4v) is 3.36. The van der Waals surface area contributed by atoms with Crippen molar-refractivity contribution in [3.8, 4) is 17.0 Å². The van der Waals surface area contributed by atoms with E-state index in [-0.39, 0.29) is 17.4 Å². The number of carbonyl (C=O) groups excluding carboxylic acids is 1. The van der Waals surface area contributed by atoms with Gasteiger partial charge >= 0.3 is 6.61 Å². The van der Waals surface area contributed by atoms with Gasteiger partial charge in [-0.1, -0.05) is 39.8 Å². The molecule has 0 bridgehead atoms. The first-order valence-corrected chi connectivity index (χ1v) is 10.3. The van der Waals surface area contributed by atoms with E-state index in [0.717, 1.165) is 15.7 Å². The van der Waals surface area contributed by atoms with Crippen LogP contribution in [0.5, 0.6) is 5.75 Å². The summed E-state index contributed by atoms with van der Waals surface area (Å²) in [6.45, 7) is -1.19. The summed E-state index contributed by atoms with van der Waals surface area (Å²) >= 11 is 4.61. The van der Waals surface area contributed by atoms with Crippen LogP contribution in [0.2, 0.25) is 0 Å². The van der Waals surface area contributed by atoms with Crippen molar-refractivity contribution in [3.05, 3.63) is 64.8 Å². The SMILES string of the molecule is Cc1cc(OC(F)F)ccc1NC(=O)CSc1nccc(-c2ccc(Br)cc2)n1. The van der Waals surface area contributed by atoms with Crippen molar-refractivity contribution < 1.29 is 18.3 Å². The monoisotopic (exact) mass is 479 g/mol. The Bertz CT molecular complexity index is 1000. The van der Waals surface area contributed by atoms with E-state index in [1.54, 1.807) is 19.2 Å². The van der Waals surface area contributed by atoms with Gasteiger partial charge in [-0.2, -0.15) is 8.78 Å². The third-order valence-corrected chi connectivity index (χ3v) is 5.19. The molecule has 29 heavy (non-hydrogen) atoms. The Balaban J connectivity index is 1.60. The maximum Gasteiger partial charge on any atom is 0.387 e. The van der Waals surface area contributed by atoms with E-state index in [1.165, 1.54) is 30.0 Å². The lowest BCUT2D eigenvalue weighted by atomic mass is 10.1. The lowest BCUT2D eigenvalue weighted by Crippen LogP contribution is -2.15. The number of rotatable bonds is 7. The number of thioether (sulfide) groups is 1. The van der Waals surface area contributed by atoms with Gasteiger partial charge < -0.3 is 10.1 Å². The summed E-state index contributed by atoms with van der Waals surface area (Å²) in [5.41, 5.74) is 2.86. The zero-order valence-electron chi connectivity index (χ0n) is 15.2. The van der Waals surface area contributed by atoms with Gasteiger partial charge in [-0.15, -0.1) is 0 Å². The minimum Gasteiger partial charge on any atom is -0.435 e. The van der Waals surface area contributed by atoms with E-state index in [4.69, 9.17) is 0 Å². The van der Waals surface area contributed by atoms with Crippen LogP contribution < -0.4 is 10.1 Å². The Hall–Kier alpha value is -2.52. The van der Waals surface area contributed by atoms with Crippen LogP contribution >= 0.6 is 27.7 Å². The predicted octanol–water partition coefficient (Wildman–Crippen LogP) is 5.55. The molecular formula is C20H16BrF2N3O2S. The second kappa shape index (κ2) is 9.80. The molecule has 0 unspecified atom stereocenters. The molecule has 0 aliphatic rings. The van der Waals surface area contributed by atoms with Crippen LogP contribution in [0.4, 0.5) is 14.5 Å². The van der Waals surface area contributed by atoms with Gasteiger partial charge in [-0.25, -0.2) is 9.97 Å². The minimum absolute atomic E-state index is 0.0445. The van der Waals surface area contributed by atoms with Gasteiger partial charge in [0.1, 0.15) is 5.75 Å². The molecule has 1 aromatic heterocycles. The molecule has 0 radical (unpaired) electrons. The number of halogens is 3. The first-order chi connectivity index (χ1) is 13.9. The minimum atomic E-state index is -2.89. The van der Waals surface area contributed by atoms with E-state index < -0.39 is 6.61 Å². The maximum atomic E-state index is 12.3. The van der Waals surface area contributed by atoms with Crippen molar-refractivity contribution in [2.75, 3.05) is 11.1 Å². The van der Waals surface area contributed by atoms with Crippen LogP contribution in [-0.4, -0.2) is 28.2 Å². The number of nitrogens with zero attached hydrogens (tertiary/aromatic N) is 2. The summed E-state index contributed by atoms with van der Waals surface area (Å²) < 4.78 is 29.9. The number of hydrogen-bond acceptors (Lipinski definition) is 5. The van der Waals surface area contributed by atoms with Gasteiger partial charge in [0.05, 0.1) is 11.4 Å². The van der Waals surface area contributed by atoms with Crippen molar-refractivity contribution in [1.82, 2.24) is 9.97 Å². The first kappa shape index (κ1) is 21.2. The highest BCUT2D eigenvalue weighted by atomic mass is 79.9. The van der Waals surface area contributed by atoms with Crippen molar-refractivity contribution in [2.24, 2.45) is 0 Å². The molecule has 0 aliphatic heterocycles. The standard InChI is InChI=1S/C20H16BrF2N3O2S/c1-12-10-15(28-19(22)23)6-7-16(12)25-18(27)11-29-20-24-9-8-17(26-20)13-2-4-14(21)5-3-13/h2-10,19H,11H2,1H3,(H,25,27). The Morgan fingerprint density at radius 3 is 2.66 bits per heavy atom. The third-order valence-electron chi connectivity index (χ3n) is 3.80. The molecule has 0 spiro atoms. The average Bonchev–Trinajstić information content (AvgIpc) is 2.69. The smallest absolute Gasteiger partial charge is 0.387 e. The molecule has 0 saturated carbocycles. The van der Waals surface area contributed by atoms with Crippen molar-refractivity contribution in [1.29, 1.82) is 0 Å². The molecule has 1 heterocycles. The fourth-order valence-electron chi connectivity index (χ4n) is 2.46. The van der Waals surface area contributed by atoms with Crippen LogP contribution in [0, 0.1) is 6.92 Å². The summed E-state index contributed by atoms with van der Waals surface area (Å²) in [6.07, 6.45) is 1.65. The molecule has 0 aliphatic carbocycles. The van der Waals surface area contributed by atoms with E-state index >= 15 is 0 Å². The highest BCUT2D eigenvalue weighted by Crippen LogP contribution is 2.24. The average molecular weight is 480 g/mol. The molecule has 0 atom stereocenters. The third kappa shape index (κ3) is 6.23. The molecule has 3 rings (SSSR count). The summed E-state index contributed by atoms with van der Waals surface area (Å²) in [7, 11) is 0. The Morgan fingerprint density at radius 2 is 1.97 bits per heavy atom. The van der Waals surface area contributed by atoms with E-state index in [2.05, 4.69) is 36.0 Å². The number of aryl methyl sites for hydroxylation is 1. The highest BCUT2D eigenvalue weighted by molar-refractivity contribution is 9.10. The largest absolute Gasteiger partial charge is 0.435 e. The summed E-state index contributed by atoms with van der Waals surface area (Å²) in [6, 6.07) is 13.9. The van der Waals surface area contributed by atoms with Gasteiger partial charge in [0.15, 0.2) is 5.16 Å². The van der Waals surface area contributed by atoms with Gasteiger partial charge in [-0.3, -0.25) is 4.79 Å². The summed E-state index contributed by atoms with van der Waals surface area (Å²) in [4.78, 5) is 20.9. The van der Waals surface area contributed by atoms with Crippen LogP contribution in [0.25, 0.3) is 11.3 Å². The number of alkyl halides is 2. The van der Waals surface area contributed by atoms with Crippen LogP contribution in [0.15, 0.2) is 64.4 Å². The normalized spacial score (nSPS) is 10.8. The number of amides is 1. The second-order valence-corrected chi connectivity index (χ2v) is 7.78. The lowest BCUT2D eigenvalue weighted by molar-refractivity contribution is -0.113. The molecule has 0 saturated heterocycles. The second-order valence-electron chi connectivity index (χ2n) is 5.92.